The molecule has 0 aliphatic carbocycles. The predicted octanol–water partition coefficient (Wildman–Crippen LogP) is 3.82. The second-order valence-electron chi connectivity index (χ2n) is 3.87. The van der Waals surface area contributed by atoms with Crippen molar-refractivity contribution in [2.24, 2.45) is 5.41 Å². The van der Waals surface area contributed by atoms with Gasteiger partial charge in [0.25, 0.3) is 0 Å². The van der Waals surface area contributed by atoms with Gasteiger partial charge >= 0.3 is 0 Å². The summed E-state index contributed by atoms with van der Waals surface area (Å²) in [6, 6.07) is 0. The third kappa shape index (κ3) is 4.84. The molecule has 0 spiro atoms. The van der Waals surface area contributed by atoms with Crippen LogP contribution in [0.25, 0.3) is 0 Å². The number of hydrogen-bond donors (Lipinski definition) is 0. The molecule has 0 aromatic carbocycles. The van der Waals surface area contributed by atoms with Gasteiger partial charge < -0.3 is 0 Å². The van der Waals surface area contributed by atoms with Gasteiger partial charge in [-0.15, -0.1) is 0 Å². The van der Waals surface area contributed by atoms with Crippen molar-refractivity contribution in [1.29, 1.82) is 0 Å². The molecule has 0 nitrogen and oxygen atoms in total. The topological polar surface area (TPSA) is 0 Å². The Labute approximate surface area is 66.0 Å². The van der Waals surface area contributed by atoms with Crippen molar-refractivity contribution in [2.45, 2.75) is 52.9 Å². The van der Waals surface area contributed by atoms with Gasteiger partial charge in [0, 0.05) is 0 Å². The van der Waals surface area contributed by atoms with Crippen LogP contribution in [-0.4, -0.2) is 0 Å². The van der Waals surface area contributed by atoms with Crippen molar-refractivity contribution < 1.29 is 0 Å². The molecule has 0 aromatic heterocycles. The van der Waals surface area contributed by atoms with Crippen LogP contribution in [0, 0.1) is 12.3 Å². The Morgan fingerprint density at radius 2 is 1.80 bits per heavy atom. The maximum absolute atomic E-state index is 3.88. The molecule has 0 atom stereocenters. The second kappa shape index (κ2) is 4.76. The van der Waals surface area contributed by atoms with Crippen molar-refractivity contribution in [3.63, 3.8) is 0 Å². The first-order chi connectivity index (χ1) is 4.62. The van der Waals surface area contributed by atoms with Gasteiger partial charge in [-0.3, -0.25) is 0 Å². The van der Waals surface area contributed by atoms with Crippen molar-refractivity contribution in [3.05, 3.63) is 6.92 Å². The minimum atomic E-state index is 0.539. The zero-order valence-corrected chi connectivity index (χ0v) is 7.74. The summed E-state index contributed by atoms with van der Waals surface area (Å²) in [4.78, 5) is 0. The molecule has 0 unspecified atom stereocenters. The van der Waals surface area contributed by atoms with E-state index in [0.29, 0.717) is 5.41 Å². The molecular weight excluding hydrogens is 120 g/mol. The Hall–Kier alpha value is 0. The molecule has 1 radical (unpaired) electrons. The van der Waals surface area contributed by atoms with Gasteiger partial charge in [-0.1, -0.05) is 47.0 Å². The van der Waals surface area contributed by atoms with Crippen LogP contribution >= 0.6 is 0 Å². The lowest BCUT2D eigenvalue weighted by molar-refractivity contribution is 0.300. The molecule has 0 saturated heterocycles. The predicted molar refractivity (Wildman–Crippen MR) is 47.9 cm³/mol. The van der Waals surface area contributed by atoms with Crippen LogP contribution in [0.15, 0.2) is 0 Å². The average molecular weight is 141 g/mol. The SMILES string of the molecule is [CH2]CCC(C)(C)CCCC. The van der Waals surface area contributed by atoms with Gasteiger partial charge in [-0.25, -0.2) is 0 Å². The van der Waals surface area contributed by atoms with Crippen LogP contribution in [0.3, 0.4) is 0 Å². The van der Waals surface area contributed by atoms with E-state index in [4.69, 9.17) is 0 Å². The van der Waals surface area contributed by atoms with Crippen LogP contribution in [0.4, 0.5) is 0 Å². The van der Waals surface area contributed by atoms with Crippen LogP contribution in [0.5, 0.6) is 0 Å². The van der Waals surface area contributed by atoms with Crippen molar-refractivity contribution in [2.75, 3.05) is 0 Å². The van der Waals surface area contributed by atoms with Gasteiger partial charge in [-0.2, -0.15) is 0 Å². The smallest absolute Gasteiger partial charge is 0.0354 e. The highest BCUT2D eigenvalue weighted by atomic mass is 14.2. The standard InChI is InChI=1S/C10H21/c1-5-7-9-10(3,4)8-6-2/h2,5-9H2,1,3-4H3. The lowest BCUT2D eigenvalue weighted by Gasteiger charge is -2.23. The zero-order valence-electron chi connectivity index (χ0n) is 7.74. The van der Waals surface area contributed by atoms with Crippen molar-refractivity contribution >= 4 is 0 Å². The van der Waals surface area contributed by atoms with Crippen LogP contribution < -0.4 is 0 Å². The van der Waals surface area contributed by atoms with E-state index < -0.39 is 0 Å². The molecule has 0 saturated carbocycles. The summed E-state index contributed by atoms with van der Waals surface area (Å²) in [6.07, 6.45) is 6.40. The first kappa shape index (κ1) is 10.0. The van der Waals surface area contributed by atoms with Crippen LogP contribution in [0.2, 0.25) is 0 Å². The molecule has 0 heteroatoms. The Kier molecular flexibility index (Phi) is 4.76. The summed E-state index contributed by atoms with van der Waals surface area (Å²) >= 11 is 0. The number of hydrogen-bond acceptors (Lipinski definition) is 0. The van der Waals surface area contributed by atoms with E-state index in [-0.39, 0.29) is 0 Å². The van der Waals surface area contributed by atoms with Gasteiger partial charge in [0.05, 0.1) is 0 Å². The first-order valence-electron chi connectivity index (χ1n) is 4.41. The van der Waals surface area contributed by atoms with E-state index in [0.717, 1.165) is 6.42 Å². The maximum atomic E-state index is 3.88. The molecule has 10 heavy (non-hydrogen) atoms. The highest BCUT2D eigenvalue weighted by Crippen LogP contribution is 2.28. The van der Waals surface area contributed by atoms with Gasteiger partial charge in [0.15, 0.2) is 0 Å². The molecule has 0 bridgehead atoms. The lowest BCUT2D eigenvalue weighted by Crippen LogP contribution is -2.09. The molecule has 0 fully saturated rings. The van der Waals surface area contributed by atoms with E-state index in [1.807, 2.05) is 0 Å². The zero-order chi connectivity index (χ0) is 8.04. The summed E-state index contributed by atoms with van der Waals surface area (Å²) in [5.41, 5.74) is 0.539. The fourth-order valence-electron chi connectivity index (χ4n) is 1.26. The summed E-state index contributed by atoms with van der Waals surface area (Å²) in [6.45, 7) is 10.8. The second-order valence-corrected chi connectivity index (χ2v) is 3.87. The van der Waals surface area contributed by atoms with Crippen LogP contribution in [-0.2, 0) is 0 Å². The molecule has 61 valence electrons. The molecule has 0 heterocycles. The molecule has 0 amide bonds. The van der Waals surface area contributed by atoms with E-state index in [1.165, 1.54) is 25.7 Å². The molecule has 0 rings (SSSR count). The molecule has 0 N–H and O–H groups in total. The fraction of sp³-hybridized carbons (Fsp3) is 0.900. The normalized spacial score (nSPS) is 12.0. The van der Waals surface area contributed by atoms with Gasteiger partial charge in [-0.05, 0) is 18.3 Å². The van der Waals surface area contributed by atoms with E-state index in [9.17, 15) is 0 Å². The molecular formula is C10H21. The highest BCUT2D eigenvalue weighted by molar-refractivity contribution is 4.68. The largest absolute Gasteiger partial charge is 0.0654 e. The van der Waals surface area contributed by atoms with Crippen molar-refractivity contribution in [3.8, 4) is 0 Å². The molecule has 0 aliphatic heterocycles. The average Bonchev–Trinajstić information content (AvgIpc) is 1.84. The summed E-state index contributed by atoms with van der Waals surface area (Å²) < 4.78 is 0. The maximum Gasteiger partial charge on any atom is -0.0354 e. The monoisotopic (exact) mass is 141 g/mol. The quantitative estimate of drug-likeness (QED) is 0.546. The highest BCUT2D eigenvalue weighted by Gasteiger charge is 2.14. The third-order valence-electron chi connectivity index (χ3n) is 2.06. The molecule has 0 aliphatic rings. The fourth-order valence-corrected chi connectivity index (χ4v) is 1.26. The minimum absolute atomic E-state index is 0.539. The first-order valence-corrected chi connectivity index (χ1v) is 4.41. The van der Waals surface area contributed by atoms with Crippen molar-refractivity contribution in [1.82, 2.24) is 0 Å². The lowest BCUT2D eigenvalue weighted by atomic mass is 9.83. The minimum Gasteiger partial charge on any atom is -0.0654 e. The van der Waals surface area contributed by atoms with E-state index in [2.05, 4.69) is 27.7 Å². The summed E-state index contributed by atoms with van der Waals surface area (Å²) in [7, 11) is 0. The summed E-state index contributed by atoms with van der Waals surface area (Å²) in [5.74, 6) is 0. The Balaban J connectivity index is 3.42. The van der Waals surface area contributed by atoms with E-state index in [1.54, 1.807) is 0 Å². The Bertz CT molecular complexity index is 72.1. The Morgan fingerprint density at radius 1 is 1.20 bits per heavy atom. The number of rotatable bonds is 5. The Morgan fingerprint density at radius 3 is 2.20 bits per heavy atom. The number of unbranched alkanes of at least 4 members (excludes halogenated alkanes) is 1. The van der Waals surface area contributed by atoms with E-state index >= 15 is 0 Å². The third-order valence-corrected chi connectivity index (χ3v) is 2.06. The van der Waals surface area contributed by atoms with Gasteiger partial charge in [0.1, 0.15) is 0 Å². The van der Waals surface area contributed by atoms with Crippen LogP contribution in [0.1, 0.15) is 52.9 Å². The van der Waals surface area contributed by atoms with Gasteiger partial charge in [0.2, 0.25) is 0 Å². The molecule has 0 aromatic rings. The summed E-state index contributed by atoms with van der Waals surface area (Å²) in [5, 5.41) is 0.